The molecule has 1 fully saturated rings. The number of aliphatic hydroxyl groups excluding tert-OH is 6. The summed E-state index contributed by atoms with van der Waals surface area (Å²) in [5.74, 6) is -1.65. The standard InChI is InChI=1S/C11H18O11/c12-1-3(14)5(15)4(2-13)21-11-8(18)6(16)7(17)9(22-11)10(19)20/h2-9,11-12,14-18H,1H2,(H,19,20)/t3-,4+,5+,6+,7+,8-,9+,11?/m1/s1. The van der Waals surface area contributed by atoms with E-state index in [4.69, 9.17) is 19.7 Å². The van der Waals surface area contributed by atoms with Gasteiger partial charge in [-0.3, -0.25) is 0 Å². The first-order valence-corrected chi connectivity index (χ1v) is 6.24. The van der Waals surface area contributed by atoms with Gasteiger partial charge in [0.2, 0.25) is 0 Å². The second-order valence-corrected chi connectivity index (χ2v) is 4.71. The fourth-order valence-corrected chi connectivity index (χ4v) is 1.84. The van der Waals surface area contributed by atoms with Crippen LogP contribution in [0.15, 0.2) is 0 Å². The molecule has 0 aliphatic carbocycles. The van der Waals surface area contributed by atoms with Crippen LogP contribution in [0.2, 0.25) is 0 Å². The topological polar surface area (TPSA) is 194 Å². The summed E-state index contributed by atoms with van der Waals surface area (Å²) in [5.41, 5.74) is 0. The van der Waals surface area contributed by atoms with Crippen molar-refractivity contribution < 1.29 is 54.8 Å². The molecule has 22 heavy (non-hydrogen) atoms. The molecule has 8 atom stereocenters. The third kappa shape index (κ3) is 3.97. The first-order valence-electron chi connectivity index (χ1n) is 6.24. The van der Waals surface area contributed by atoms with E-state index in [0.29, 0.717) is 0 Å². The van der Waals surface area contributed by atoms with Crippen LogP contribution in [0.5, 0.6) is 0 Å². The van der Waals surface area contributed by atoms with E-state index < -0.39 is 61.6 Å². The van der Waals surface area contributed by atoms with Crippen LogP contribution in [0.25, 0.3) is 0 Å². The van der Waals surface area contributed by atoms with Crippen LogP contribution >= 0.6 is 0 Å². The van der Waals surface area contributed by atoms with Crippen LogP contribution in [0, 0.1) is 0 Å². The number of hydrogen-bond acceptors (Lipinski definition) is 10. The van der Waals surface area contributed by atoms with Crippen molar-refractivity contribution in [3.63, 3.8) is 0 Å². The Kier molecular flexibility index (Phi) is 6.77. The second-order valence-electron chi connectivity index (χ2n) is 4.71. The summed E-state index contributed by atoms with van der Waals surface area (Å²) in [6, 6.07) is 0. The van der Waals surface area contributed by atoms with Crippen molar-refractivity contribution in [1.29, 1.82) is 0 Å². The van der Waals surface area contributed by atoms with Gasteiger partial charge in [0.05, 0.1) is 6.61 Å². The number of aliphatic hydroxyl groups is 6. The summed E-state index contributed by atoms with van der Waals surface area (Å²) >= 11 is 0. The number of ether oxygens (including phenoxy) is 2. The quantitative estimate of drug-likeness (QED) is 0.222. The van der Waals surface area contributed by atoms with Crippen LogP contribution in [0.3, 0.4) is 0 Å². The van der Waals surface area contributed by atoms with Gasteiger partial charge in [-0.1, -0.05) is 0 Å². The zero-order chi connectivity index (χ0) is 17.0. The van der Waals surface area contributed by atoms with Crippen LogP contribution in [0.1, 0.15) is 0 Å². The first-order chi connectivity index (χ1) is 10.2. The molecule has 0 aromatic rings. The third-order valence-corrected chi connectivity index (χ3v) is 3.16. The lowest BCUT2D eigenvalue weighted by Gasteiger charge is -2.39. The minimum absolute atomic E-state index is 0.0345. The smallest absolute Gasteiger partial charge is 0.335 e. The Morgan fingerprint density at radius 1 is 1.18 bits per heavy atom. The van der Waals surface area contributed by atoms with E-state index in [1.54, 1.807) is 0 Å². The molecule has 0 radical (unpaired) electrons. The summed E-state index contributed by atoms with van der Waals surface area (Å²) in [4.78, 5) is 21.7. The maximum atomic E-state index is 10.9. The average molecular weight is 326 g/mol. The molecule has 11 heteroatoms. The summed E-state index contributed by atoms with van der Waals surface area (Å²) in [6.07, 6.45) is -14.9. The second kappa shape index (κ2) is 7.89. The Morgan fingerprint density at radius 2 is 1.77 bits per heavy atom. The summed E-state index contributed by atoms with van der Waals surface area (Å²) in [5, 5.41) is 65.0. The molecule has 0 aromatic carbocycles. The lowest BCUT2D eigenvalue weighted by atomic mass is 9.99. The van der Waals surface area contributed by atoms with Gasteiger partial charge in [-0.2, -0.15) is 0 Å². The van der Waals surface area contributed by atoms with Crippen LogP contribution in [0.4, 0.5) is 0 Å². The molecule has 0 bridgehead atoms. The first kappa shape index (κ1) is 18.9. The Balaban J connectivity index is 2.84. The fourth-order valence-electron chi connectivity index (χ4n) is 1.84. The van der Waals surface area contributed by atoms with Crippen molar-refractivity contribution in [2.75, 3.05) is 6.61 Å². The molecule has 1 rings (SSSR count). The van der Waals surface area contributed by atoms with E-state index in [1.807, 2.05) is 0 Å². The van der Waals surface area contributed by atoms with E-state index in [1.165, 1.54) is 0 Å². The number of aliphatic carboxylic acids is 1. The molecule has 1 unspecified atom stereocenters. The number of carboxylic acids is 1. The Bertz CT molecular complexity index is 388. The maximum absolute atomic E-state index is 10.9. The van der Waals surface area contributed by atoms with Gasteiger partial charge >= 0.3 is 5.97 Å². The lowest BCUT2D eigenvalue weighted by Crippen LogP contribution is -2.61. The molecule has 0 aromatic heterocycles. The van der Waals surface area contributed by atoms with Crippen molar-refractivity contribution in [2.24, 2.45) is 0 Å². The monoisotopic (exact) mass is 326 g/mol. The van der Waals surface area contributed by atoms with Gasteiger partial charge in [-0.05, 0) is 0 Å². The van der Waals surface area contributed by atoms with Gasteiger partial charge in [0.15, 0.2) is 18.7 Å². The fraction of sp³-hybridized carbons (Fsp3) is 0.818. The van der Waals surface area contributed by atoms with E-state index in [-0.39, 0.29) is 6.29 Å². The zero-order valence-corrected chi connectivity index (χ0v) is 11.2. The predicted octanol–water partition coefficient (Wildman–Crippen LogP) is -4.82. The highest BCUT2D eigenvalue weighted by Crippen LogP contribution is 2.24. The van der Waals surface area contributed by atoms with Crippen molar-refractivity contribution >= 4 is 12.3 Å². The number of carboxylic acid groups (broad SMARTS) is 1. The van der Waals surface area contributed by atoms with Gasteiger partial charge in [0.1, 0.15) is 36.6 Å². The van der Waals surface area contributed by atoms with Gasteiger partial charge in [0.25, 0.3) is 0 Å². The molecular formula is C11H18O11. The van der Waals surface area contributed by atoms with Crippen LogP contribution < -0.4 is 0 Å². The molecule has 7 N–H and O–H groups in total. The number of rotatable bonds is 7. The molecule has 1 aliphatic heterocycles. The van der Waals surface area contributed by atoms with E-state index in [9.17, 15) is 35.1 Å². The Morgan fingerprint density at radius 3 is 2.23 bits per heavy atom. The van der Waals surface area contributed by atoms with Gasteiger partial charge in [-0.25, -0.2) is 4.79 Å². The lowest BCUT2D eigenvalue weighted by molar-refractivity contribution is -0.307. The normalized spacial score (nSPS) is 36.4. The van der Waals surface area contributed by atoms with Crippen molar-refractivity contribution in [3.05, 3.63) is 0 Å². The van der Waals surface area contributed by atoms with Crippen molar-refractivity contribution in [3.8, 4) is 0 Å². The molecule has 0 spiro atoms. The van der Waals surface area contributed by atoms with Crippen LogP contribution in [-0.2, 0) is 19.1 Å². The average Bonchev–Trinajstić information content (AvgIpc) is 2.50. The molecule has 128 valence electrons. The molecule has 0 amide bonds. The Hall–Kier alpha value is -1.18. The number of carbonyl (C=O) groups excluding carboxylic acids is 1. The molecule has 0 saturated carbocycles. The highest BCUT2D eigenvalue weighted by Gasteiger charge is 2.48. The molecule has 1 aliphatic rings. The summed E-state index contributed by atoms with van der Waals surface area (Å²) in [6.45, 7) is -0.887. The minimum Gasteiger partial charge on any atom is -0.479 e. The van der Waals surface area contributed by atoms with Gasteiger partial charge in [-0.15, -0.1) is 0 Å². The number of carbonyl (C=O) groups is 2. The molecular weight excluding hydrogens is 308 g/mol. The van der Waals surface area contributed by atoms with Crippen LogP contribution in [-0.4, -0.2) is 104 Å². The summed E-state index contributed by atoms with van der Waals surface area (Å²) in [7, 11) is 0. The Labute approximate surface area is 123 Å². The minimum atomic E-state index is -1.94. The largest absolute Gasteiger partial charge is 0.479 e. The molecule has 1 heterocycles. The highest BCUT2D eigenvalue weighted by molar-refractivity contribution is 5.73. The SMILES string of the molecule is O=C[C@H](OC1O[C@H](C(=O)O)[C@@H](O)[C@H](O)[C@H]1O)[C@@H](O)[C@H](O)CO. The number of aldehydes is 1. The maximum Gasteiger partial charge on any atom is 0.335 e. The highest BCUT2D eigenvalue weighted by atomic mass is 16.7. The summed E-state index contributed by atoms with van der Waals surface area (Å²) < 4.78 is 9.58. The number of hydrogen-bond donors (Lipinski definition) is 7. The van der Waals surface area contributed by atoms with Crippen molar-refractivity contribution in [2.45, 2.75) is 49.0 Å². The van der Waals surface area contributed by atoms with E-state index in [2.05, 4.69) is 0 Å². The third-order valence-electron chi connectivity index (χ3n) is 3.16. The molecule has 1 saturated heterocycles. The van der Waals surface area contributed by atoms with Gasteiger partial charge < -0.3 is 50.0 Å². The molecule has 11 nitrogen and oxygen atoms in total. The van der Waals surface area contributed by atoms with Gasteiger partial charge in [0, 0.05) is 0 Å². The van der Waals surface area contributed by atoms with E-state index in [0.717, 1.165) is 0 Å². The van der Waals surface area contributed by atoms with Crippen molar-refractivity contribution in [1.82, 2.24) is 0 Å². The van der Waals surface area contributed by atoms with E-state index >= 15 is 0 Å². The predicted molar refractivity (Wildman–Crippen MR) is 64.4 cm³/mol. The zero-order valence-electron chi connectivity index (χ0n) is 11.2.